The van der Waals surface area contributed by atoms with E-state index in [4.69, 9.17) is 0 Å². The van der Waals surface area contributed by atoms with Crippen molar-refractivity contribution in [3.8, 4) is 0 Å². The van der Waals surface area contributed by atoms with Crippen LogP contribution in [0.2, 0.25) is 0 Å². The first-order valence-corrected chi connectivity index (χ1v) is 7.63. The highest BCUT2D eigenvalue weighted by Crippen LogP contribution is 2.28. The number of halogens is 2. The van der Waals surface area contributed by atoms with Crippen LogP contribution in [-0.2, 0) is 0 Å². The Morgan fingerprint density at radius 3 is 2.89 bits per heavy atom. The smallest absolute Gasteiger partial charge is 0.124 e. The summed E-state index contributed by atoms with van der Waals surface area (Å²) < 4.78 is 14.1. The molecule has 2 atom stereocenters. The van der Waals surface area contributed by atoms with E-state index in [-0.39, 0.29) is 5.82 Å². The molecule has 0 aromatic heterocycles. The standard InChI is InChI=1S/C14H20FIN2/c1-3-17-13-6-7-18(9-10(13)2)14-5-4-11(15)8-12(14)16/h4-5,8,10,13,17H,3,6-7,9H2,1-2H3. The summed E-state index contributed by atoms with van der Waals surface area (Å²) in [5.41, 5.74) is 1.17. The third kappa shape index (κ3) is 3.15. The number of nitrogens with zero attached hydrogens (tertiary/aromatic N) is 1. The van der Waals surface area contributed by atoms with Gasteiger partial charge >= 0.3 is 0 Å². The maximum absolute atomic E-state index is 13.1. The molecule has 1 saturated heterocycles. The third-order valence-electron chi connectivity index (χ3n) is 3.62. The molecule has 0 bridgehead atoms. The van der Waals surface area contributed by atoms with Gasteiger partial charge in [0.1, 0.15) is 5.82 Å². The first-order valence-electron chi connectivity index (χ1n) is 6.55. The number of hydrogen-bond donors (Lipinski definition) is 1. The average Bonchev–Trinajstić information content (AvgIpc) is 2.32. The SMILES string of the molecule is CCNC1CCN(c2ccc(F)cc2I)CC1C. The number of nitrogens with one attached hydrogen (secondary N) is 1. The summed E-state index contributed by atoms with van der Waals surface area (Å²) in [6.45, 7) is 7.56. The van der Waals surface area contributed by atoms with Crippen LogP contribution >= 0.6 is 22.6 Å². The zero-order valence-electron chi connectivity index (χ0n) is 10.9. The van der Waals surface area contributed by atoms with Crippen molar-refractivity contribution in [3.05, 3.63) is 27.6 Å². The quantitative estimate of drug-likeness (QED) is 0.831. The predicted octanol–water partition coefficient (Wildman–Crippen LogP) is 3.25. The van der Waals surface area contributed by atoms with Crippen LogP contribution in [0.25, 0.3) is 0 Å². The molecule has 2 rings (SSSR count). The monoisotopic (exact) mass is 362 g/mol. The van der Waals surface area contributed by atoms with E-state index in [1.165, 1.54) is 5.69 Å². The molecule has 18 heavy (non-hydrogen) atoms. The van der Waals surface area contributed by atoms with Gasteiger partial charge in [0.25, 0.3) is 0 Å². The maximum Gasteiger partial charge on any atom is 0.124 e. The summed E-state index contributed by atoms with van der Waals surface area (Å²) in [5.74, 6) is 0.471. The Kier molecular flexibility index (Phi) is 4.84. The molecular weight excluding hydrogens is 342 g/mol. The fraction of sp³-hybridized carbons (Fsp3) is 0.571. The van der Waals surface area contributed by atoms with Crippen LogP contribution in [0.5, 0.6) is 0 Å². The Morgan fingerprint density at radius 1 is 1.50 bits per heavy atom. The Bertz CT molecular complexity index is 411. The molecule has 1 aliphatic rings. The normalized spacial score (nSPS) is 24.3. The number of rotatable bonds is 3. The van der Waals surface area contributed by atoms with E-state index in [9.17, 15) is 4.39 Å². The molecule has 0 amide bonds. The van der Waals surface area contributed by atoms with Crippen molar-refractivity contribution in [3.63, 3.8) is 0 Å². The summed E-state index contributed by atoms with van der Waals surface area (Å²) in [5, 5.41) is 3.54. The van der Waals surface area contributed by atoms with Gasteiger partial charge in [-0.3, -0.25) is 0 Å². The molecule has 100 valence electrons. The van der Waals surface area contributed by atoms with Gasteiger partial charge in [-0.1, -0.05) is 13.8 Å². The van der Waals surface area contributed by atoms with Gasteiger partial charge in [-0.2, -0.15) is 0 Å². The second-order valence-electron chi connectivity index (χ2n) is 4.97. The number of piperidine rings is 1. The maximum atomic E-state index is 13.1. The predicted molar refractivity (Wildman–Crippen MR) is 82.6 cm³/mol. The van der Waals surface area contributed by atoms with Crippen LogP contribution < -0.4 is 10.2 Å². The molecule has 0 aliphatic carbocycles. The lowest BCUT2D eigenvalue weighted by molar-refractivity contribution is 0.326. The van der Waals surface area contributed by atoms with Crippen molar-refractivity contribution in [2.24, 2.45) is 5.92 Å². The van der Waals surface area contributed by atoms with Crippen LogP contribution in [0, 0.1) is 15.3 Å². The molecule has 0 spiro atoms. The molecule has 4 heteroatoms. The van der Waals surface area contributed by atoms with Crippen molar-refractivity contribution in [2.75, 3.05) is 24.5 Å². The van der Waals surface area contributed by atoms with E-state index >= 15 is 0 Å². The molecular formula is C14H20FIN2. The zero-order chi connectivity index (χ0) is 13.1. The van der Waals surface area contributed by atoms with E-state index in [1.54, 1.807) is 12.1 Å². The van der Waals surface area contributed by atoms with Gasteiger partial charge in [0, 0.05) is 22.7 Å². The molecule has 1 aromatic carbocycles. The van der Waals surface area contributed by atoms with Gasteiger partial charge in [-0.15, -0.1) is 0 Å². The van der Waals surface area contributed by atoms with Crippen LogP contribution in [0.3, 0.4) is 0 Å². The molecule has 1 aliphatic heterocycles. The van der Waals surface area contributed by atoms with Crippen LogP contribution in [-0.4, -0.2) is 25.7 Å². The topological polar surface area (TPSA) is 15.3 Å². The van der Waals surface area contributed by atoms with E-state index in [0.717, 1.165) is 29.6 Å². The van der Waals surface area contributed by atoms with Crippen LogP contribution in [0.1, 0.15) is 20.3 Å². The summed E-state index contributed by atoms with van der Waals surface area (Å²) >= 11 is 2.22. The Hall–Kier alpha value is -0.360. The lowest BCUT2D eigenvalue weighted by Crippen LogP contribution is -2.48. The van der Waals surface area contributed by atoms with Gasteiger partial charge in [0.05, 0.1) is 5.69 Å². The lowest BCUT2D eigenvalue weighted by Gasteiger charge is -2.39. The summed E-state index contributed by atoms with van der Waals surface area (Å²) in [4.78, 5) is 2.37. The van der Waals surface area contributed by atoms with Gasteiger partial charge < -0.3 is 10.2 Å². The van der Waals surface area contributed by atoms with Crippen LogP contribution in [0.15, 0.2) is 18.2 Å². The van der Waals surface area contributed by atoms with Crippen molar-refractivity contribution < 1.29 is 4.39 Å². The molecule has 1 heterocycles. The second kappa shape index (κ2) is 6.19. The van der Waals surface area contributed by atoms with E-state index < -0.39 is 0 Å². The largest absolute Gasteiger partial charge is 0.370 e. The summed E-state index contributed by atoms with van der Waals surface area (Å²) in [6, 6.07) is 5.68. The Balaban J connectivity index is 2.07. The first kappa shape index (κ1) is 14.1. The Morgan fingerprint density at radius 2 is 2.28 bits per heavy atom. The van der Waals surface area contributed by atoms with Crippen molar-refractivity contribution in [1.82, 2.24) is 5.32 Å². The van der Waals surface area contributed by atoms with Crippen molar-refractivity contribution in [1.29, 1.82) is 0 Å². The summed E-state index contributed by atoms with van der Waals surface area (Å²) in [7, 11) is 0. The molecule has 0 saturated carbocycles. The minimum absolute atomic E-state index is 0.154. The van der Waals surface area contributed by atoms with Crippen molar-refractivity contribution in [2.45, 2.75) is 26.3 Å². The van der Waals surface area contributed by atoms with E-state index in [0.29, 0.717) is 12.0 Å². The van der Waals surface area contributed by atoms with E-state index in [2.05, 4.69) is 46.7 Å². The molecule has 2 nitrogen and oxygen atoms in total. The number of benzene rings is 1. The average molecular weight is 362 g/mol. The molecule has 0 radical (unpaired) electrons. The Labute approximate surface area is 122 Å². The fourth-order valence-corrected chi connectivity index (χ4v) is 3.49. The van der Waals surface area contributed by atoms with Gasteiger partial charge in [0.2, 0.25) is 0 Å². The fourth-order valence-electron chi connectivity index (χ4n) is 2.67. The molecule has 1 aromatic rings. The number of anilines is 1. The van der Waals surface area contributed by atoms with Crippen molar-refractivity contribution >= 4 is 28.3 Å². The first-order chi connectivity index (χ1) is 8.61. The van der Waals surface area contributed by atoms with Gasteiger partial charge in [-0.25, -0.2) is 4.39 Å². The number of hydrogen-bond acceptors (Lipinski definition) is 2. The zero-order valence-corrected chi connectivity index (χ0v) is 13.1. The lowest BCUT2D eigenvalue weighted by atomic mass is 9.93. The summed E-state index contributed by atoms with van der Waals surface area (Å²) in [6.07, 6.45) is 1.16. The van der Waals surface area contributed by atoms with E-state index in [1.807, 2.05) is 6.07 Å². The highest BCUT2D eigenvalue weighted by atomic mass is 127. The second-order valence-corrected chi connectivity index (χ2v) is 6.13. The minimum Gasteiger partial charge on any atom is -0.370 e. The highest BCUT2D eigenvalue weighted by molar-refractivity contribution is 14.1. The molecule has 1 fully saturated rings. The third-order valence-corrected chi connectivity index (χ3v) is 4.49. The van der Waals surface area contributed by atoms with Gasteiger partial charge in [0.15, 0.2) is 0 Å². The molecule has 1 N–H and O–H groups in total. The van der Waals surface area contributed by atoms with Gasteiger partial charge in [-0.05, 0) is 59.7 Å². The molecule has 2 unspecified atom stereocenters. The minimum atomic E-state index is -0.154. The highest BCUT2D eigenvalue weighted by Gasteiger charge is 2.26. The van der Waals surface area contributed by atoms with Crippen LogP contribution in [0.4, 0.5) is 10.1 Å².